The fourth-order valence-corrected chi connectivity index (χ4v) is 3.92. The SMILES string of the molecule is CC(C)(C)OC(=O)N(CCOC(=O)NCCc1c[nH]c2ccc(O)cc12)Cc1c(Cl)cccc1Cl. The van der Waals surface area contributed by atoms with Crippen molar-refractivity contribution >= 4 is 46.3 Å². The quantitative estimate of drug-likeness (QED) is 0.343. The number of fused-ring (bicyclic) bond motifs is 1. The minimum atomic E-state index is -0.697. The molecular formula is C25H29Cl2N3O5. The highest BCUT2D eigenvalue weighted by Crippen LogP contribution is 2.26. The Morgan fingerprint density at radius 3 is 2.54 bits per heavy atom. The lowest BCUT2D eigenvalue weighted by Crippen LogP contribution is -2.39. The fraction of sp³-hybridized carbons (Fsp3) is 0.360. The molecule has 0 unspecified atom stereocenters. The summed E-state index contributed by atoms with van der Waals surface area (Å²) in [5, 5.41) is 14.1. The van der Waals surface area contributed by atoms with Crippen LogP contribution in [0.15, 0.2) is 42.6 Å². The molecule has 2 amide bonds. The Morgan fingerprint density at radius 1 is 1.14 bits per heavy atom. The summed E-state index contributed by atoms with van der Waals surface area (Å²) in [5.74, 6) is 0.179. The molecule has 0 radical (unpaired) electrons. The van der Waals surface area contributed by atoms with Crippen LogP contribution in [0, 0.1) is 0 Å². The summed E-state index contributed by atoms with van der Waals surface area (Å²) in [7, 11) is 0. The summed E-state index contributed by atoms with van der Waals surface area (Å²) in [6, 6.07) is 10.2. The van der Waals surface area contributed by atoms with Crippen molar-refractivity contribution in [2.75, 3.05) is 19.7 Å². The summed E-state index contributed by atoms with van der Waals surface area (Å²) >= 11 is 12.5. The maximum absolute atomic E-state index is 12.7. The second kappa shape index (κ2) is 11.6. The van der Waals surface area contributed by atoms with E-state index in [0.717, 1.165) is 16.5 Å². The summed E-state index contributed by atoms with van der Waals surface area (Å²) in [6.07, 6.45) is 1.22. The van der Waals surface area contributed by atoms with Gasteiger partial charge in [-0.1, -0.05) is 29.3 Å². The highest BCUT2D eigenvalue weighted by atomic mass is 35.5. The zero-order chi connectivity index (χ0) is 25.6. The number of nitrogens with zero attached hydrogens (tertiary/aromatic N) is 1. The summed E-state index contributed by atoms with van der Waals surface area (Å²) in [6.45, 7) is 5.79. The van der Waals surface area contributed by atoms with E-state index < -0.39 is 17.8 Å². The number of hydrogen-bond acceptors (Lipinski definition) is 5. The van der Waals surface area contributed by atoms with Crippen LogP contribution in [-0.2, 0) is 22.4 Å². The number of alkyl carbamates (subject to hydrolysis) is 1. The van der Waals surface area contributed by atoms with Gasteiger partial charge in [-0.25, -0.2) is 9.59 Å². The van der Waals surface area contributed by atoms with Gasteiger partial charge in [-0.05, 0) is 63.1 Å². The largest absolute Gasteiger partial charge is 0.508 e. The molecule has 0 bridgehead atoms. The third-order valence-electron chi connectivity index (χ3n) is 5.07. The second-order valence-electron chi connectivity index (χ2n) is 8.96. The van der Waals surface area contributed by atoms with E-state index in [1.54, 1.807) is 57.2 Å². The maximum atomic E-state index is 12.7. The van der Waals surface area contributed by atoms with Crippen molar-refractivity contribution in [3.63, 3.8) is 0 Å². The molecule has 3 aromatic rings. The third kappa shape index (κ3) is 7.70. The molecule has 0 aliphatic rings. The van der Waals surface area contributed by atoms with Gasteiger partial charge in [0.15, 0.2) is 0 Å². The van der Waals surface area contributed by atoms with Gasteiger partial charge in [0.05, 0.1) is 13.1 Å². The zero-order valence-corrected chi connectivity index (χ0v) is 21.4. The van der Waals surface area contributed by atoms with Gasteiger partial charge in [0, 0.05) is 39.3 Å². The van der Waals surface area contributed by atoms with E-state index >= 15 is 0 Å². The first kappa shape index (κ1) is 26.5. The first-order chi connectivity index (χ1) is 16.5. The number of aromatic amines is 1. The third-order valence-corrected chi connectivity index (χ3v) is 5.78. The van der Waals surface area contributed by atoms with Gasteiger partial charge in [0.25, 0.3) is 0 Å². The van der Waals surface area contributed by atoms with Crippen LogP contribution in [0.3, 0.4) is 0 Å². The van der Waals surface area contributed by atoms with Crippen LogP contribution in [0.25, 0.3) is 10.9 Å². The van der Waals surface area contributed by atoms with E-state index in [-0.39, 0.29) is 25.4 Å². The summed E-state index contributed by atoms with van der Waals surface area (Å²) < 4.78 is 10.7. The number of carbonyl (C=O) groups excluding carboxylic acids is 2. The number of carbonyl (C=O) groups is 2. The molecule has 1 heterocycles. The summed E-state index contributed by atoms with van der Waals surface area (Å²) in [5.41, 5.74) is 1.75. The van der Waals surface area contributed by atoms with Crippen LogP contribution in [-0.4, -0.2) is 52.5 Å². The van der Waals surface area contributed by atoms with Gasteiger partial charge in [-0.2, -0.15) is 0 Å². The fourth-order valence-electron chi connectivity index (χ4n) is 3.41. The molecule has 0 aliphatic heterocycles. The van der Waals surface area contributed by atoms with Gasteiger partial charge in [-0.3, -0.25) is 0 Å². The van der Waals surface area contributed by atoms with Crippen molar-refractivity contribution in [2.45, 2.75) is 39.3 Å². The van der Waals surface area contributed by atoms with Gasteiger partial charge >= 0.3 is 12.2 Å². The van der Waals surface area contributed by atoms with Crippen LogP contribution >= 0.6 is 23.2 Å². The minimum Gasteiger partial charge on any atom is -0.508 e. The molecule has 0 spiro atoms. The molecule has 0 fully saturated rings. The Hall–Kier alpha value is -3.10. The molecule has 0 atom stereocenters. The van der Waals surface area contributed by atoms with Crippen LogP contribution in [0.5, 0.6) is 5.75 Å². The maximum Gasteiger partial charge on any atom is 0.410 e. The Morgan fingerprint density at radius 2 is 1.86 bits per heavy atom. The van der Waals surface area contributed by atoms with Gasteiger partial charge in [0.1, 0.15) is 18.0 Å². The number of ether oxygens (including phenoxy) is 2. The monoisotopic (exact) mass is 521 g/mol. The standard InChI is InChI=1S/C25H29Cl2N3O5/c1-25(2,3)35-24(33)30(15-19-20(26)5-4-6-21(19)27)11-12-34-23(32)28-10-9-16-14-29-22-8-7-17(31)13-18(16)22/h4-8,13-14,29,31H,9-12,15H2,1-3H3,(H,28,32). The molecule has 0 aliphatic carbocycles. The lowest BCUT2D eigenvalue weighted by Gasteiger charge is -2.28. The molecule has 1 aromatic heterocycles. The Kier molecular flexibility index (Phi) is 8.75. The Balaban J connectivity index is 1.53. The van der Waals surface area contributed by atoms with Crippen molar-refractivity contribution in [3.8, 4) is 5.75 Å². The van der Waals surface area contributed by atoms with Crippen molar-refractivity contribution in [3.05, 3.63) is 63.8 Å². The predicted molar refractivity (Wildman–Crippen MR) is 136 cm³/mol. The van der Waals surface area contributed by atoms with E-state index in [1.807, 2.05) is 6.20 Å². The normalized spacial score (nSPS) is 11.3. The van der Waals surface area contributed by atoms with Crippen molar-refractivity contribution in [1.29, 1.82) is 0 Å². The van der Waals surface area contributed by atoms with Crippen molar-refractivity contribution in [1.82, 2.24) is 15.2 Å². The predicted octanol–water partition coefficient (Wildman–Crippen LogP) is 5.89. The van der Waals surface area contributed by atoms with Crippen LogP contribution in [0.2, 0.25) is 10.0 Å². The average molecular weight is 522 g/mol. The number of aromatic hydroxyl groups is 1. The molecule has 35 heavy (non-hydrogen) atoms. The number of halogens is 2. The number of benzene rings is 2. The highest BCUT2D eigenvalue weighted by molar-refractivity contribution is 6.36. The van der Waals surface area contributed by atoms with E-state index in [4.69, 9.17) is 32.7 Å². The van der Waals surface area contributed by atoms with Gasteiger partial charge < -0.3 is 29.8 Å². The number of aromatic nitrogens is 1. The van der Waals surface area contributed by atoms with E-state index in [9.17, 15) is 14.7 Å². The number of rotatable bonds is 8. The molecule has 8 nitrogen and oxygen atoms in total. The van der Waals surface area contributed by atoms with Crippen molar-refractivity contribution < 1.29 is 24.2 Å². The number of amides is 2. The summed E-state index contributed by atoms with van der Waals surface area (Å²) in [4.78, 5) is 29.4. The van der Waals surface area contributed by atoms with Crippen LogP contribution < -0.4 is 5.32 Å². The molecule has 0 saturated heterocycles. The lowest BCUT2D eigenvalue weighted by atomic mass is 10.1. The van der Waals surface area contributed by atoms with Gasteiger partial charge in [-0.15, -0.1) is 0 Å². The zero-order valence-electron chi connectivity index (χ0n) is 19.9. The first-order valence-corrected chi connectivity index (χ1v) is 11.9. The number of phenolic OH excluding ortho intramolecular Hbond substituents is 1. The number of nitrogens with one attached hydrogen (secondary N) is 2. The minimum absolute atomic E-state index is 0.0475. The lowest BCUT2D eigenvalue weighted by molar-refractivity contribution is 0.0190. The highest BCUT2D eigenvalue weighted by Gasteiger charge is 2.24. The van der Waals surface area contributed by atoms with Crippen LogP contribution in [0.4, 0.5) is 9.59 Å². The number of hydrogen-bond donors (Lipinski definition) is 3. The Labute approximate surface area is 214 Å². The molecule has 0 saturated carbocycles. The average Bonchev–Trinajstić information content (AvgIpc) is 3.16. The molecular weight excluding hydrogens is 493 g/mol. The van der Waals surface area contributed by atoms with E-state index in [1.165, 1.54) is 4.90 Å². The molecule has 2 aromatic carbocycles. The second-order valence-corrected chi connectivity index (χ2v) is 9.77. The number of H-pyrrole nitrogens is 1. The molecule has 3 rings (SSSR count). The topological polar surface area (TPSA) is 104 Å². The van der Waals surface area contributed by atoms with Crippen molar-refractivity contribution in [2.24, 2.45) is 0 Å². The van der Waals surface area contributed by atoms with E-state index in [2.05, 4.69) is 10.3 Å². The Bertz CT molecular complexity index is 1170. The first-order valence-electron chi connectivity index (χ1n) is 11.1. The number of phenols is 1. The smallest absolute Gasteiger partial charge is 0.410 e. The van der Waals surface area contributed by atoms with E-state index in [0.29, 0.717) is 28.6 Å². The van der Waals surface area contributed by atoms with Crippen LogP contribution in [0.1, 0.15) is 31.9 Å². The molecule has 10 heteroatoms. The molecule has 188 valence electrons. The van der Waals surface area contributed by atoms with Gasteiger partial charge in [0.2, 0.25) is 0 Å². The molecule has 3 N–H and O–H groups in total.